The number of benzene rings is 2. The summed E-state index contributed by atoms with van der Waals surface area (Å²) in [5, 5.41) is 5.05. The molecule has 8 nitrogen and oxygen atoms in total. The fourth-order valence-electron chi connectivity index (χ4n) is 4.48. The Hall–Kier alpha value is -3.14. The SMILES string of the molecule is COc1ccc(CCNC(=S)N(CCN2CCOCC2)Cc2cc3ccc(C)cc3[nH]c2=O)cc1OC. The number of fused-ring (bicyclic) bond motifs is 1. The molecule has 3 aromatic rings. The quantitative estimate of drug-likeness (QED) is 0.392. The molecule has 0 aliphatic carbocycles. The molecule has 1 aliphatic heterocycles. The van der Waals surface area contributed by atoms with E-state index in [0.717, 1.165) is 61.3 Å². The topological polar surface area (TPSA) is 79.1 Å². The normalized spacial score (nSPS) is 13.9. The Balaban J connectivity index is 1.44. The van der Waals surface area contributed by atoms with Crippen LogP contribution in [-0.2, 0) is 17.7 Å². The minimum atomic E-state index is -0.0809. The Morgan fingerprint density at radius 1 is 1.11 bits per heavy atom. The molecule has 2 heterocycles. The summed E-state index contributed by atoms with van der Waals surface area (Å²) < 4.78 is 16.2. The third-order valence-electron chi connectivity index (χ3n) is 6.65. The number of nitrogens with zero attached hydrogens (tertiary/aromatic N) is 2. The van der Waals surface area contributed by atoms with Crippen LogP contribution in [0.15, 0.2) is 47.3 Å². The van der Waals surface area contributed by atoms with Crippen molar-refractivity contribution in [1.29, 1.82) is 0 Å². The number of morpholine rings is 1. The fraction of sp³-hybridized carbons (Fsp3) is 0.429. The molecule has 0 spiro atoms. The Morgan fingerprint density at radius 2 is 1.89 bits per heavy atom. The lowest BCUT2D eigenvalue weighted by atomic mass is 10.1. The zero-order chi connectivity index (χ0) is 26.2. The molecule has 0 atom stereocenters. The zero-order valence-corrected chi connectivity index (χ0v) is 22.7. The van der Waals surface area contributed by atoms with E-state index in [0.29, 0.717) is 41.8 Å². The van der Waals surface area contributed by atoms with Gasteiger partial charge in [0.05, 0.1) is 34.0 Å². The highest BCUT2D eigenvalue weighted by Crippen LogP contribution is 2.27. The van der Waals surface area contributed by atoms with E-state index >= 15 is 0 Å². The van der Waals surface area contributed by atoms with Crippen LogP contribution in [0.4, 0.5) is 0 Å². The predicted octanol–water partition coefficient (Wildman–Crippen LogP) is 3.11. The van der Waals surface area contributed by atoms with Crippen LogP contribution < -0.4 is 20.3 Å². The largest absolute Gasteiger partial charge is 0.493 e. The first-order valence-electron chi connectivity index (χ1n) is 12.6. The summed E-state index contributed by atoms with van der Waals surface area (Å²) in [6.45, 7) is 7.99. The van der Waals surface area contributed by atoms with Crippen LogP contribution in [0.25, 0.3) is 10.9 Å². The van der Waals surface area contributed by atoms with Gasteiger partial charge in [-0.3, -0.25) is 9.69 Å². The molecular weight excluding hydrogens is 488 g/mol. The second-order valence-electron chi connectivity index (χ2n) is 9.26. The second-order valence-corrected chi connectivity index (χ2v) is 9.65. The molecule has 0 saturated carbocycles. The number of thiocarbonyl (C=S) groups is 1. The molecule has 0 bridgehead atoms. The van der Waals surface area contributed by atoms with Crippen molar-refractivity contribution in [2.45, 2.75) is 19.9 Å². The summed E-state index contributed by atoms with van der Waals surface area (Å²) in [4.78, 5) is 20.4. The standard InChI is InChI=1S/C28H36N4O4S/c1-20-4-6-22-18-23(27(33)30-24(22)16-20)19-32(11-10-31-12-14-36-15-13-31)28(37)29-9-8-21-5-7-25(34-2)26(17-21)35-3/h4-7,16-18H,8-15,19H2,1-3H3,(H,29,37)(H,30,33). The molecule has 0 unspecified atom stereocenters. The third kappa shape index (κ3) is 7.21. The minimum absolute atomic E-state index is 0.0809. The van der Waals surface area contributed by atoms with E-state index in [2.05, 4.69) is 26.2 Å². The molecule has 1 aliphatic rings. The van der Waals surface area contributed by atoms with E-state index < -0.39 is 0 Å². The van der Waals surface area contributed by atoms with Gasteiger partial charge in [-0.2, -0.15) is 0 Å². The van der Waals surface area contributed by atoms with Gasteiger partial charge in [-0.05, 0) is 66.3 Å². The van der Waals surface area contributed by atoms with Crippen molar-refractivity contribution < 1.29 is 14.2 Å². The van der Waals surface area contributed by atoms with Gasteiger partial charge in [-0.15, -0.1) is 0 Å². The van der Waals surface area contributed by atoms with Crippen molar-refractivity contribution in [2.24, 2.45) is 0 Å². The highest BCUT2D eigenvalue weighted by atomic mass is 32.1. The fourth-order valence-corrected chi connectivity index (χ4v) is 4.74. The number of hydrogen-bond acceptors (Lipinski definition) is 6. The average molecular weight is 525 g/mol. The van der Waals surface area contributed by atoms with Crippen molar-refractivity contribution in [3.8, 4) is 11.5 Å². The number of pyridine rings is 1. The Labute approximate surface area is 223 Å². The van der Waals surface area contributed by atoms with Crippen molar-refractivity contribution in [3.63, 3.8) is 0 Å². The van der Waals surface area contributed by atoms with Crippen LogP contribution in [0.2, 0.25) is 0 Å². The summed E-state index contributed by atoms with van der Waals surface area (Å²) in [6, 6.07) is 14.0. The van der Waals surface area contributed by atoms with Crippen molar-refractivity contribution >= 4 is 28.2 Å². The minimum Gasteiger partial charge on any atom is -0.493 e. The molecule has 1 saturated heterocycles. The Morgan fingerprint density at radius 3 is 2.65 bits per heavy atom. The van der Waals surface area contributed by atoms with Crippen LogP contribution in [0.3, 0.4) is 0 Å². The molecule has 1 fully saturated rings. The number of methoxy groups -OCH3 is 2. The molecule has 0 radical (unpaired) electrons. The number of aromatic amines is 1. The van der Waals surface area contributed by atoms with Crippen LogP contribution in [-0.4, -0.2) is 80.1 Å². The van der Waals surface area contributed by atoms with Crippen LogP contribution >= 0.6 is 12.2 Å². The first-order valence-corrected chi connectivity index (χ1v) is 13.0. The highest BCUT2D eigenvalue weighted by molar-refractivity contribution is 7.80. The van der Waals surface area contributed by atoms with Crippen molar-refractivity contribution in [2.75, 3.05) is 60.2 Å². The monoisotopic (exact) mass is 524 g/mol. The van der Waals surface area contributed by atoms with E-state index in [-0.39, 0.29) is 5.56 Å². The van der Waals surface area contributed by atoms with Gasteiger partial charge in [0.15, 0.2) is 16.6 Å². The average Bonchev–Trinajstić information content (AvgIpc) is 2.91. The van der Waals surface area contributed by atoms with Gasteiger partial charge in [0.1, 0.15) is 0 Å². The van der Waals surface area contributed by atoms with Crippen molar-refractivity contribution in [3.05, 3.63) is 69.5 Å². The summed E-state index contributed by atoms with van der Waals surface area (Å²) in [6.07, 6.45) is 0.772. The maximum absolute atomic E-state index is 12.9. The van der Waals surface area contributed by atoms with E-state index in [1.54, 1.807) is 14.2 Å². The summed E-state index contributed by atoms with van der Waals surface area (Å²) >= 11 is 5.82. The molecule has 9 heteroatoms. The molecular formula is C28H36N4O4S. The number of rotatable bonds is 10. The molecule has 1 aromatic heterocycles. The lowest BCUT2D eigenvalue weighted by molar-refractivity contribution is 0.0357. The molecule has 37 heavy (non-hydrogen) atoms. The van der Waals surface area contributed by atoms with Gasteiger partial charge in [0.25, 0.3) is 5.56 Å². The number of aromatic nitrogens is 1. The van der Waals surface area contributed by atoms with Gasteiger partial charge < -0.3 is 29.4 Å². The molecule has 2 aromatic carbocycles. The first-order chi connectivity index (χ1) is 18.0. The number of ether oxygens (including phenoxy) is 3. The number of hydrogen-bond donors (Lipinski definition) is 2. The zero-order valence-electron chi connectivity index (χ0n) is 21.8. The van der Waals surface area contributed by atoms with Crippen molar-refractivity contribution in [1.82, 2.24) is 20.1 Å². The number of H-pyrrole nitrogens is 1. The Bertz CT molecular complexity index is 1270. The van der Waals surface area contributed by atoms with E-state index in [4.69, 9.17) is 26.4 Å². The van der Waals surface area contributed by atoms with Gasteiger partial charge in [0, 0.05) is 43.8 Å². The first kappa shape index (κ1) is 26.9. The van der Waals surface area contributed by atoms with Crippen LogP contribution in [0.5, 0.6) is 11.5 Å². The van der Waals surface area contributed by atoms with Gasteiger partial charge >= 0.3 is 0 Å². The van der Waals surface area contributed by atoms with E-state index in [1.165, 1.54) is 0 Å². The second kappa shape index (κ2) is 12.9. The van der Waals surface area contributed by atoms with E-state index in [1.807, 2.05) is 43.3 Å². The highest BCUT2D eigenvalue weighted by Gasteiger charge is 2.17. The maximum Gasteiger partial charge on any atom is 0.253 e. The lowest BCUT2D eigenvalue weighted by Crippen LogP contribution is -2.46. The van der Waals surface area contributed by atoms with E-state index in [9.17, 15) is 4.79 Å². The smallest absolute Gasteiger partial charge is 0.253 e. The molecule has 0 amide bonds. The maximum atomic E-state index is 12.9. The third-order valence-corrected chi connectivity index (χ3v) is 7.06. The molecule has 4 rings (SSSR count). The summed E-state index contributed by atoms with van der Waals surface area (Å²) in [5.74, 6) is 1.42. The summed E-state index contributed by atoms with van der Waals surface area (Å²) in [5.41, 5.74) is 3.70. The Kier molecular flexibility index (Phi) is 9.38. The predicted molar refractivity (Wildman–Crippen MR) is 151 cm³/mol. The van der Waals surface area contributed by atoms with Crippen LogP contribution in [0, 0.1) is 6.92 Å². The van der Waals surface area contributed by atoms with Crippen LogP contribution in [0.1, 0.15) is 16.7 Å². The van der Waals surface area contributed by atoms with Gasteiger partial charge in [-0.25, -0.2) is 0 Å². The number of nitrogens with one attached hydrogen (secondary N) is 2. The van der Waals surface area contributed by atoms with Gasteiger partial charge in [0.2, 0.25) is 0 Å². The molecule has 198 valence electrons. The molecule has 2 N–H and O–H groups in total. The number of aryl methyl sites for hydroxylation is 1. The lowest BCUT2D eigenvalue weighted by Gasteiger charge is -2.31. The van der Waals surface area contributed by atoms with Gasteiger partial charge in [-0.1, -0.05) is 18.2 Å². The summed E-state index contributed by atoms with van der Waals surface area (Å²) in [7, 11) is 3.27.